The molecule has 1 radical (unpaired) electrons. The van der Waals surface area contributed by atoms with Crippen LogP contribution in [-0.4, -0.2) is 23.4 Å². The van der Waals surface area contributed by atoms with Gasteiger partial charge in [0, 0.05) is 51.7 Å². The van der Waals surface area contributed by atoms with E-state index in [1.54, 1.807) is 0 Å². The van der Waals surface area contributed by atoms with Gasteiger partial charge >= 0.3 is 0 Å². The van der Waals surface area contributed by atoms with Gasteiger partial charge in [-0.3, -0.25) is 4.79 Å². The number of likely N-dealkylation sites (tertiary alicyclic amines) is 1. The van der Waals surface area contributed by atoms with Crippen LogP contribution in [0.4, 0.5) is 4.39 Å². The molecule has 0 spiro atoms. The fourth-order valence-electron chi connectivity index (χ4n) is 2.06. The van der Waals surface area contributed by atoms with Gasteiger partial charge < -0.3 is 4.90 Å². The van der Waals surface area contributed by atoms with Crippen molar-refractivity contribution in [3.8, 4) is 0 Å². The van der Waals surface area contributed by atoms with Crippen LogP contribution in [0.3, 0.4) is 0 Å². The van der Waals surface area contributed by atoms with E-state index in [0.29, 0.717) is 17.9 Å². The Morgan fingerprint density at radius 2 is 1.48 bits per heavy atom. The Kier molecular flexibility index (Phi) is 20.3. The minimum atomic E-state index is -0.163. The van der Waals surface area contributed by atoms with Crippen LogP contribution >= 0.6 is 0 Å². The van der Waals surface area contributed by atoms with Crippen LogP contribution in [0.15, 0.2) is 24.3 Å². The number of nitrogens with zero attached hydrogens (tertiary/aromatic N) is 1. The summed E-state index contributed by atoms with van der Waals surface area (Å²) in [5, 5.41) is 0. The Hall–Kier alpha value is -0.276. The Morgan fingerprint density at radius 1 is 1.00 bits per heavy atom. The monoisotopic (exact) mass is 402 g/mol. The molecule has 1 heterocycles. The molecule has 1 amide bonds. The van der Waals surface area contributed by atoms with Gasteiger partial charge in [0.25, 0.3) is 0 Å². The zero-order valence-corrected chi connectivity index (χ0v) is 15.7. The van der Waals surface area contributed by atoms with Crippen LogP contribution in [0.1, 0.15) is 74.3 Å². The van der Waals surface area contributed by atoms with Crippen LogP contribution in [0, 0.1) is 5.82 Å². The largest absolute Gasteiger partial charge is 0.340 e. The quantitative estimate of drug-likeness (QED) is 0.606. The summed E-state index contributed by atoms with van der Waals surface area (Å²) >= 11 is 0. The Morgan fingerprint density at radius 3 is 1.74 bits per heavy atom. The van der Waals surface area contributed by atoms with Crippen LogP contribution in [0.5, 0.6) is 0 Å². The number of hydrogen-bond acceptors (Lipinski definition) is 1. The summed E-state index contributed by atoms with van der Waals surface area (Å²) < 4.78 is 12.4. The summed E-state index contributed by atoms with van der Waals surface area (Å²) in [6.45, 7) is 9.27. The van der Waals surface area contributed by atoms with E-state index in [-0.39, 0.29) is 60.8 Å². The molecule has 1 saturated heterocycles. The van der Waals surface area contributed by atoms with Gasteiger partial charge in [-0.15, -0.1) is 0 Å². The van der Waals surface area contributed by atoms with Crippen molar-refractivity contribution >= 4 is 5.91 Å². The van der Waals surface area contributed by atoms with Crippen LogP contribution < -0.4 is 0 Å². The summed E-state index contributed by atoms with van der Waals surface area (Å²) in [6.07, 6.45) is 1.81. The molecule has 0 unspecified atom stereocenters. The summed E-state index contributed by atoms with van der Waals surface area (Å²) in [6, 6.07) is 7.03. The van der Waals surface area contributed by atoms with E-state index in [2.05, 4.69) is 27.7 Å². The van der Waals surface area contributed by atoms with Crippen molar-refractivity contribution < 1.29 is 41.9 Å². The second kappa shape index (κ2) is 15.3. The fourth-order valence-corrected chi connectivity index (χ4v) is 2.06. The molecule has 4 heteroatoms. The third-order valence-electron chi connectivity index (χ3n) is 3.27. The van der Waals surface area contributed by atoms with Crippen molar-refractivity contribution in [1.29, 1.82) is 0 Å². The summed E-state index contributed by atoms with van der Waals surface area (Å²) in [5.74, 6) is 0.648. The van der Waals surface area contributed by atoms with Crippen molar-refractivity contribution in [3.63, 3.8) is 0 Å². The number of carbonyl (C=O) groups excluding carboxylic acids is 1. The molecule has 1 aromatic rings. The summed E-state index contributed by atoms with van der Waals surface area (Å²) in [5.41, 5.74) is 1.18. The number of rotatable bonds is 2. The molecule has 133 valence electrons. The molecular weight excluding hydrogens is 366 g/mol. The molecule has 1 aliphatic heterocycles. The number of carbonyl (C=O) groups is 1. The molecule has 1 aromatic carbocycles. The summed E-state index contributed by atoms with van der Waals surface area (Å²) in [4.78, 5) is 12.9. The molecule has 2 nitrogen and oxygen atoms in total. The minimum Gasteiger partial charge on any atom is -0.340 e. The van der Waals surface area contributed by atoms with E-state index >= 15 is 0 Å². The van der Waals surface area contributed by atoms with E-state index in [1.807, 2.05) is 17.0 Å². The third-order valence-corrected chi connectivity index (χ3v) is 3.27. The van der Waals surface area contributed by atoms with Crippen LogP contribution in [-0.2, 0) is 37.5 Å². The second-order valence-corrected chi connectivity index (χ2v) is 5.49. The predicted octanol–water partition coefficient (Wildman–Crippen LogP) is 5.87. The maximum Gasteiger partial charge on any atom is 0.222 e. The first kappa shape index (κ1) is 30.6. The normalized spacial score (nSPS) is 12.3. The number of amides is 1. The van der Waals surface area contributed by atoms with E-state index in [1.165, 1.54) is 17.7 Å². The first-order valence-electron chi connectivity index (χ1n) is 6.96. The Labute approximate surface area is 169 Å². The predicted molar refractivity (Wildman–Crippen MR) is 96.8 cm³/mol. The topological polar surface area (TPSA) is 20.3 Å². The molecule has 2 rings (SSSR count). The molecule has 1 fully saturated rings. The fraction of sp³-hybridized carbons (Fsp3) is 0.632. The smallest absolute Gasteiger partial charge is 0.222 e. The van der Waals surface area contributed by atoms with Gasteiger partial charge in [0.1, 0.15) is 5.82 Å². The van der Waals surface area contributed by atoms with Crippen molar-refractivity contribution in [2.24, 2.45) is 0 Å². The molecule has 23 heavy (non-hydrogen) atoms. The molecule has 0 bridgehead atoms. The van der Waals surface area contributed by atoms with E-state index in [4.69, 9.17) is 0 Å². The van der Waals surface area contributed by atoms with E-state index in [9.17, 15) is 9.18 Å². The molecule has 0 N–H and O–H groups in total. The van der Waals surface area contributed by atoms with Crippen molar-refractivity contribution in [2.45, 2.75) is 74.8 Å². The first-order valence-corrected chi connectivity index (χ1v) is 6.96. The average molecular weight is 402 g/mol. The van der Waals surface area contributed by atoms with E-state index in [0.717, 1.165) is 19.4 Å². The molecule has 0 aromatic heterocycles. The standard InChI is InChI=1S/C9H11F.C7H13NO.3CH4.Y/c1-7(2)8-3-5-9(10)6-4-8;1-6(2)8-5-3-4-7(8)9;;;;/h3-7H,1-2H3;6H,3-5H2,1-2H3;3*1H4;. The van der Waals surface area contributed by atoms with Gasteiger partial charge in [-0.05, 0) is 43.9 Å². The van der Waals surface area contributed by atoms with Crippen LogP contribution in [0.25, 0.3) is 0 Å². The molecule has 0 atom stereocenters. The third kappa shape index (κ3) is 11.0. The van der Waals surface area contributed by atoms with E-state index < -0.39 is 0 Å². The maximum absolute atomic E-state index is 12.4. The first-order chi connectivity index (χ1) is 8.91. The van der Waals surface area contributed by atoms with Crippen molar-refractivity contribution in [1.82, 2.24) is 4.90 Å². The molecule has 0 aliphatic carbocycles. The van der Waals surface area contributed by atoms with Gasteiger partial charge in [-0.25, -0.2) is 4.39 Å². The Balaban J connectivity index is -0.000000134. The maximum atomic E-state index is 12.4. The Bertz CT molecular complexity index is 404. The van der Waals surface area contributed by atoms with Gasteiger partial charge in [0.05, 0.1) is 0 Å². The SMILES string of the molecule is C.C.C.CC(C)N1CCCC1=O.CC(C)c1ccc(F)cc1.[Y]. The molecule has 0 saturated carbocycles. The number of benzene rings is 1. The van der Waals surface area contributed by atoms with Gasteiger partial charge in [-0.1, -0.05) is 48.3 Å². The van der Waals surface area contributed by atoms with Gasteiger partial charge in [0.15, 0.2) is 0 Å². The van der Waals surface area contributed by atoms with Crippen molar-refractivity contribution in [2.75, 3.05) is 6.54 Å². The van der Waals surface area contributed by atoms with Gasteiger partial charge in [-0.2, -0.15) is 0 Å². The molecule has 1 aliphatic rings. The molecular formula is C19H36FNOY. The number of halogens is 1. The average Bonchev–Trinajstić information content (AvgIpc) is 2.77. The minimum absolute atomic E-state index is 0. The summed E-state index contributed by atoms with van der Waals surface area (Å²) in [7, 11) is 0. The van der Waals surface area contributed by atoms with Crippen molar-refractivity contribution in [3.05, 3.63) is 35.6 Å². The zero-order chi connectivity index (χ0) is 14.4. The second-order valence-electron chi connectivity index (χ2n) is 5.49. The van der Waals surface area contributed by atoms with Crippen LogP contribution in [0.2, 0.25) is 0 Å². The van der Waals surface area contributed by atoms with Gasteiger partial charge in [0.2, 0.25) is 5.91 Å². The zero-order valence-electron chi connectivity index (χ0n) is 12.9. The number of hydrogen-bond donors (Lipinski definition) is 0.